The van der Waals surface area contributed by atoms with E-state index in [9.17, 15) is 4.39 Å². The van der Waals surface area contributed by atoms with Crippen LogP contribution in [0.3, 0.4) is 0 Å². The molecule has 1 heterocycles. The van der Waals surface area contributed by atoms with Crippen LogP contribution >= 0.6 is 11.8 Å². The van der Waals surface area contributed by atoms with E-state index in [1.165, 1.54) is 30.0 Å². The maximum atomic E-state index is 13.4. The second-order valence-corrected chi connectivity index (χ2v) is 4.15. The van der Waals surface area contributed by atoms with Crippen molar-refractivity contribution in [2.45, 2.75) is 10.9 Å². The van der Waals surface area contributed by atoms with E-state index in [2.05, 4.69) is 15.2 Å². The summed E-state index contributed by atoms with van der Waals surface area (Å²) in [6.07, 6.45) is 0. The van der Waals surface area contributed by atoms with E-state index in [-0.39, 0.29) is 11.8 Å². The van der Waals surface area contributed by atoms with Gasteiger partial charge in [0.15, 0.2) is 0 Å². The topological polar surface area (TPSA) is 91.4 Å². The molecule has 0 radical (unpaired) electrons. The third-order valence-electron chi connectivity index (χ3n) is 2.01. The van der Waals surface area contributed by atoms with Crippen molar-refractivity contribution in [3.8, 4) is 6.07 Å². The Balaban J connectivity index is 2.11. The molecule has 5 nitrogen and oxygen atoms in total. The number of aromatic nitrogens is 3. The minimum atomic E-state index is -0.347. The third-order valence-corrected chi connectivity index (χ3v) is 2.91. The second kappa shape index (κ2) is 4.84. The van der Waals surface area contributed by atoms with Crippen molar-refractivity contribution in [2.24, 2.45) is 0 Å². The van der Waals surface area contributed by atoms with Crippen molar-refractivity contribution in [1.29, 1.82) is 5.26 Å². The number of hydrogen-bond acceptors (Lipinski definition) is 5. The second-order valence-electron chi connectivity index (χ2n) is 3.21. The summed E-state index contributed by atoms with van der Waals surface area (Å²) in [5.74, 6) is 0.220. The predicted molar refractivity (Wildman–Crippen MR) is 61.5 cm³/mol. The Morgan fingerprint density at radius 2 is 2.35 bits per heavy atom. The van der Waals surface area contributed by atoms with E-state index in [1.54, 1.807) is 0 Å². The lowest BCUT2D eigenvalue weighted by atomic mass is 10.1. The van der Waals surface area contributed by atoms with Crippen molar-refractivity contribution in [3.63, 3.8) is 0 Å². The number of benzene rings is 1. The number of rotatable bonds is 3. The first-order valence-corrected chi connectivity index (χ1v) is 5.67. The molecule has 0 amide bonds. The van der Waals surface area contributed by atoms with Crippen LogP contribution in [0.5, 0.6) is 0 Å². The molecule has 1 aromatic carbocycles. The Morgan fingerprint density at radius 1 is 1.53 bits per heavy atom. The maximum absolute atomic E-state index is 13.4. The van der Waals surface area contributed by atoms with Gasteiger partial charge in [0.05, 0.1) is 11.6 Å². The molecule has 7 heteroatoms. The zero-order valence-corrected chi connectivity index (χ0v) is 9.46. The maximum Gasteiger partial charge on any atom is 0.216 e. The fourth-order valence-electron chi connectivity index (χ4n) is 1.22. The SMILES string of the molecule is N#Cc1ccc(F)c(CSc2n[nH]c(N)n2)c1. The number of halogens is 1. The quantitative estimate of drug-likeness (QED) is 0.808. The molecular weight excluding hydrogens is 241 g/mol. The molecule has 3 N–H and O–H groups in total. The molecule has 0 aliphatic carbocycles. The van der Waals surface area contributed by atoms with Gasteiger partial charge in [-0.05, 0) is 23.8 Å². The third kappa shape index (κ3) is 2.73. The fraction of sp³-hybridized carbons (Fsp3) is 0.100. The number of nitrogens with one attached hydrogen (secondary N) is 1. The van der Waals surface area contributed by atoms with Crippen molar-refractivity contribution in [3.05, 3.63) is 35.1 Å². The molecule has 0 aliphatic rings. The van der Waals surface area contributed by atoms with E-state index < -0.39 is 0 Å². The highest BCUT2D eigenvalue weighted by Crippen LogP contribution is 2.21. The van der Waals surface area contributed by atoms with Crippen molar-refractivity contribution in [2.75, 3.05) is 5.73 Å². The van der Waals surface area contributed by atoms with E-state index >= 15 is 0 Å². The molecule has 0 atom stereocenters. The zero-order chi connectivity index (χ0) is 12.3. The Kier molecular flexibility index (Phi) is 3.25. The van der Waals surface area contributed by atoms with Gasteiger partial charge in [-0.3, -0.25) is 0 Å². The number of hydrogen-bond donors (Lipinski definition) is 2. The molecule has 0 saturated heterocycles. The van der Waals surface area contributed by atoms with Crippen LogP contribution in [0.1, 0.15) is 11.1 Å². The number of H-pyrrole nitrogens is 1. The van der Waals surface area contributed by atoms with Crippen LogP contribution < -0.4 is 5.73 Å². The Labute approximate surface area is 101 Å². The summed E-state index contributed by atoms with van der Waals surface area (Å²) in [5.41, 5.74) is 6.23. The van der Waals surface area contributed by atoms with Gasteiger partial charge in [0.25, 0.3) is 0 Å². The van der Waals surface area contributed by atoms with Gasteiger partial charge in [-0.25, -0.2) is 9.49 Å². The van der Waals surface area contributed by atoms with Gasteiger partial charge in [-0.1, -0.05) is 11.8 Å². The number of nitriles is 1. The molecular formula is C10H8FN5S. The van der Waals surface area contributed by atoms with Crippen LogP contribution in [0, 0.1) is 17.1 Å². The van der Waals surface area contributed by atoms with Crippen LogP contribution in [0.15, 0.2) is 23.4 Å². The summed E-state index contributed by atoms with van der Waals surface area (Å²) in [6.45, 7) is 0. The van der Waals surface area contributed by atoms with Crippen LogP contribution in [0.2, 0.25) is 0 Å². The number of nitrogen functional groups attached to an aromatic ring is 1. The highest BCUT2D eigenvalue weighted by atomic mass is 32.2. The minimum Gasteiger partial charge on any atom is -0.368 e. The summed E-state index contributed by atoms with van der Waals surface area (Å²) >= 11 is 1.24. The molecule has 1 aromatic heterocycles. The summed E-state index contributed by atoms with van der Waals surface area (Å²) < 4.78 is 13.4. The smallest absolute Gasteiger partial charge is 0.216 e. The van der Waals surface area contributed by atoms with E-state index in [0.29, 0.717) is 22.0 Å². The van der Waals surface area contributed by atoms with Gasteiger partial charge in [0.1, 0.15) is 5.82 Å². The summed E-state index contributed by atoms with van der Waals surface area (Å²) in [6, 6.07) is 6.19. The lowest BCUT2D eigenvalue weighted by Crippen LogP contribution is -1.90. The normalized spacial score (nSPS) is 10.1. The van der Waals surface area contributed by atoms with Crippen molar-refractivity contribution < 1.29 is 4.39 Å². The predicted octanol–water partition coefficient (Wildman–Crippen LogP) is 1.69. The van der Waals surface area contributed by atoms with Gasteiger partial charge in [-0.15, -0.1) is 5.10 Å². The largest absolute Gasteiger partial charge is 0.368 e. The number of nitrogens with two attached hydrogens (primary N) is 1. The number of thioether (sulfide) groups is 1. The molecule has 0 bridgehead atoms. The Bertz CT molecular complexity index is 574. The molecule has 0 saturated carbocycles. The first kappa shape index (κ1) is 11.4. The summed E-state index contributed by atoms with van der Waals surface area (Å²) in [4.78, 5) is 3.88. The first-order valence-electron chi connectivity index (χ1n) is 4.68. The molecule has 0 spiro atoms. The van der Waals surface area contributed by atoms with Crippen LogP contribution in [0.4, 0.5) is 10.3 Å². The number of anilines is 1. The van der Waals surface area contributed by atoms with E-state index in [1.807, 2.05) is 6.07 Å². The van der Waals surface area contributed by atoms with Crippen molar-refractivity contribution in [1.82, 2.24) is 15.2 Å². The van der Waals surface area contributed by atoms with Crippen LogP contribution in [0.25, 0.3) is 0 Å². The molecule has 0 aliphatic heterocycles. The van der Waals surface area contributed by atoms with Gasteiger partial charge in [0.2, 0.25) is 11.1 Å². The Hall–Kier alpha value is -2.07. The summed E-state index contributed by atoms with van der Waals surface area (Å²) in [7, 11) is 0. The molecule has 86 valence electrons. The lowest BCUT2D eigenvalue weighted by Gasteiger charge is -2.01. The van der Waals surface area contributed by atoms with E-state index in [4.69, 9.17) is 11.0 Å². The molecule has 0 unspecified atom stereocenters. The van der Waals surface area contributed by atoms with Crippen molar-refractivity contribution >= 4 is 17.7 Å². The van der Waals surface area contributed by atoms with Gasteiger partial charge < -0.3 is 5.73 Å². The first-order chi connectivity index (χ1) is 8.19. The molecule has 2 rings (SSSR count). The summed E-state index contributed by atoms with van der Waals surface area (Å²) in [5, 5.41) is 15.5. The van der Waals surface area contributed by atoms with Gasteiger partial charge in [-0.2, -0.15) is 10.2 Å². The highest BCUT2D eigenvalue weighted by molar-refractivity contribution is 7.98. The van der Waals surface area contributed by atoms with Gasteiger partial charge >= 0.3 is 0 Å². The van der Waals surface area contributed by atoms with E-state index in [0.717, 1.165) is 0 Å². The Morgan fingerprint density at radius 3 is 3.00 bits per heavy atom. The minimum absolute atomic E-state index is 0.221. The monoisotopic (exact) mass is 249 g/mol. The molecule has 17 heavy (non-hydrogen) atoms. The average molecular weight is 249 g/mol. The average Bonchev–Trinajstić information content (AvgIpc) is 2.74. The highest BCUT2D eigenvalue weighted by Gasteiger charge is 2.07. The van der Waals surface area contributed by atoms with Crippen LogP contribution in [-0.4, -0.2) is 15.2 Å². The molecule has 0 fully saturated rings. The number of nitrogens with zero attached hydrogens (tertiary/aromatic N) is 3. The van der Waals surface area contributed by atoms with Gasteiger partial charge in [0, 0.05) is 5.75 Å². The fourth-order valence-corrected chi connectivity index (χ4v) is 2.00. The van der Waals surface area contributed by atoms with Crippen LogP contribution in [-0.2, 0) is 5.75 Å². The molecule has 2 aromatic rings. The lowest BCUT2D eigenvalue weighted by molar-refractivity contribution is 0.617. The zero-order valence-electron chi connectivity index (χ0n) is 8.64. The standard InChI is InChI=1S/C10H8FN5S/c11-8-2-1-6(4-12)3-7(8)5-17-10-14-9(13)15-16-10/h1-3H,5H2,(H3,13,14,15,16). The number of aromatic amines is 1.